The first-order valence-corrected chi connectivity index (χ1v) is 8.97. The molecule has 1 aromatic rings. The highest BCUT2D eigenvalue weighted by molar-refractivity contribution is 6.30. The predicted molar refractivity (Wildman–Crippen MR) is 93.4 cm³/mol. The molecule has 2 heterocycles. The minimum atomic E-state index is -0.819. The van der Waals surface area contributed by atoms with Crippen LogP contribution in [0.3, 0.4) is 0 Å². The molecule has 1 saturated carbocycles. The van der Waals surface area contributed by atoms with Crippen molar-refractivity contribution < 1.29 is 19.5 Å². The zero-order valence-electron chi connectivity index (χ0n) is 14.2. The summed E-state index contributed by atoms with van der Waals surface area (Å²) in [5.74, 6) is -1.14. The summed E-state index contributed by atoms with van der Waals surface area (Å²) < 4.78 is 0. The van der Waals surface area contributed by atoms with Gasteiger partial charge in [0.25, 0.3) is 5.91 Å². The first-order chi connectivity index (χ1) is 12.4. The van der Waals surface area contributed by atoms with Crippen LogP contribution in [0.2, 0.25) is 5.02 Å². The summed E-state index contributed by atoms with van der Waals surface area (Å²) in [7, 11) is 0. The van der Waals surface area contributed by atoms with Crippen molar-refractivity contribution in [3.63, 3.8) is 0 Å². The van der Waals surface area contributed by atoms with Crippen LogP contribution in [-0.2, 0) is 9.59 Å². The third-order valence-electron chi connectivity index (χ3n) is 4.73. The molecular formula is C17H21ClN4O4. The van der Waals surface area contributed by atoms with E-state index >= 15 is 0 Å². The van der Waals surface area contributed by atoms with E-state index in [9.17, 15) is 19.5 Å². The first kappa shape index (κ1) is 18.6. The van der Waals surface area contributed by atoms with Gasteiger partial charge >= 0.3 is 0 Å². The Balaban J connectivity index is 1.61. The molecule has 0 radical (unpaired) electrons. The summed E-state index contributed by atoms with van der Waals surface area (Å²) in [4.78, 5) is 42.0. The predicted octanol–water partition coefficient (Wildman–Crippen LogP) is -0.0472. The Morgan fingerprint density at radius 1 is 1.35 bits per heavy atom. The van der Waals surface area contributed by atoms with Gasteiger partial charge in [0, 0.05) is 31.4 Å². The molecule has 8 nitrogen and oxygen atoms in total. The van der Waals surface area contributed by atoms with Crippen LogP contribution in [0.15, 0.2) is 18.5 Å². The van der Waals surface area contributed by atoms with Crippen molar-refractivity contribution in [1.82, 2.24) is 20.5 Å². The third-order valence-corrected chi connectivity index (χ3v) is 4.94. The van der Waals surface area contributed by atoms with Gasteiger partial charge in [0.05, 0.1) is 29.3 Å². The van der Waals surface area contributed by atoms with Gasteiger partial charge in [-0.2, -0.15) is 0 Å². The Kier molecular flexibility index (Phi) is 5.73. The minimum Gasteiger partial charge on any atom is -0.391 e. The van der Waals surface area contributed by atoms with E-state index in [0.29, 0.717) is 36.5 Å². The highest BCUT2D eigenvalue weighted by Gasteiger charge is 2.40. The van der Waals surface area contributed by atoms with E-state index in [1.165, 1.54) is 23.4 Å². The lowest BCUT2D eigenvalue weighted by Gasteiger charge is -2.22. The zero-order chi connectivity index (χ0) is 18.7. The number of halogens is 1. The first-order valence-electron chi connectivity index (χ1n) is 8.59. The van der Waals surface area contributed by atoms with Crippen molar-refractivity contribution in [1.29, 1.82) is 0 Å². The summed E-state index contributed by atoms with van der Waals surface area (Å²) in [6.45, 7) is 1.11. The number of hydrogen-bond donors (Lipinski definition) is 3. The van der Waals surface area contributed by atoms with Crippen LogP contribution < -0.4 is 10.6 Å². The number of carbonyl (C=O) groups is 3. The van der Waals surface area contributed by atoms with Crippen molar-refractivity contribution in [2.24, 2.45) is 5.92 Å². The molecule has 0 spiro atoms. The van der Waals surface area contributed by atoms with Gasteiger partial charge in [-0.3, -0.25) is 19.4 Å². The summed E-state index contributed by atoms with van der Waals surface area (Å²) >= 11 is 5.84. The fourth-order valence-electron chi connectivity index (χ4n) is 3.41. The lowest BCUT2D eigenvalue weighted by atomic mass is 10.1. The summed E-state index contributed by atoms with van der Waals surface area (Å²) in [5, 5.41) is 16.1. The SMILES string of the molecule is O=C1CN(C(=O)[C@H]2C[C@H](NC(=O)c3cncc(Cl)c3)[C@@H](O)C2)CCCN1. The maximum atomic E-state index is 12.7. The smallest absolute Gasteiger partial charge is 0.253 e. The summed E-state index contributed by atoms with van der Waals surface area (Å²) in [6, 6.07) is 0.959. The van der Waals surface area contributed by atoms with Gasteiger partial charge in [-0.15, -0.1) is 0 Å². The number of nitrogens with zero attached hydrogens (tertiary/aromatic N) is 2. The largest absolute Gasteiger partial charge is 0.391 e. The molecule has 140 valence electrons. The fraction of sp³-hybridized carbons (Fsp3) is 0.529. The number of aromatic nitrogens is 1. The molecule has 3 rings (SSSR count). The van der Waals surface area contributed by atoms with Crippen LogP contribution in [0, 0.1) is 5.92 Å². The van der Waals surface area contributed by atoms with Crippen LogP contribution in [0.25, 0.3) is 0 Å². The second-order valence-electron chi connectivity index (χ2n) is 6.67. The molecule has 3 amide bonds. The van der Waals surface area contributed by atoms with Gasteiger partial charge < -0.3 is 20.6 Å². The Morgan fingerprint density at radius 2 is 2.15 bits per heavy atom. The van der Waals surface area contributed by atoms with E-state index in [2.05, 4.69) is 15.6 Å². The van der Waals surface area contributed by atoms with Gasteiger partial charge in [0.15, 0.2) is 0 Å². The van der Waals surface area contributed by atoms with Gasteiger partial charge in [0.2, 0.25) is 11.8 Å². The van der Waals surface area contributed by atoms with Crippen LogP contribution in [0.1, 0.15) is 29.6 Å². The van der Waals surface area contributed by atoms with Gasteiger partial charge in [-0.25, -0.2) is 0 Å². The van der Waals surface area contributed by atoms with E-state index in [-0.39, 0.29) is 24.8 Å². The van der Waals surface area contributed by atoms with Gasteiger partial charge in [-0.05, 0) is 25.3 Å². The Morgan fingerprint density at radius 3 is 2.92 bits per heavy atom. The van der Waals surface area contributed by atoms with Crippen LogP contribution in [0.5, 0.6) is 0 Å². The molecule has 1 aliphatic heterocycles. The molecule has 0 aromatic carbocycles. The van der Waals surface area contributed by atoms with Crippen molar-refractivity contribution in [2.75, 3.05) is 19.6 Å². The maximum absolute atomic E-state index is 12.7. The van der Waals surface area contributed by atoms with E-state index in [1.807, 2.05) is 0 Å². The molecular weight excluding hydrogens is 360 g/mol. The number of aliphatic hydroxyl groups is 1. The topological polar surface area (TPSA) is 112 Å². The van der Waals surface area contributed by atoms with Crippen LogP contribution in [0.4, 0.5) is 0 Å². The maximum Gasteiger partial charge on any atom is 0.253 e. The van der Waals surface area contributed by atoms with Crippen LogP contribution in [-0.4, -0.2) is 64.5 Å². The minimum absolute atomic E-state index is 0.0383. The number of rotatable bonds is 3. The highest BCUT2D eigenvalue weighted by Crippen LogP contribution is 2.28. The highest BCUT2D eigenvalue weighted by atomic mass is 35.5. The molecule has 2 fully saturated rings. The van der Waals surface area contributed by atoms with E-state index in [4.69, 9.17) is 11.6 Å². The van der Waals surface area contributed by atoms with Crippen molar-refractivity contribution in [3.05, 3.63) is 29.0 Å². The second kappa shape index (κ2) is 8.01. The van der Waals surface area contributed by atoms with Crippen molar-refractivity contribution >= 4 is 29.3 Å². The monoisotopic (exact) mass is 380 g/mol. The van der Waals surface area contributed by atoms with E-state index < -0.39 is 24.0 Å². The molecule has 1 aromatic heterocycles. The molecule has 9 heteroatoms. The van der Waals surface area contributed by atoms with Crippen LogP contribution >= 0.6 is 11.6 Å². The standard InChI is InChI=1S/C17H21ClN4O4/c18-12-4-11(7-19-8-12)16(25)21-13-5-10(6-14(13)23)17(26)22-3-1-2-20-15(24)9-22/h4,7-8,10,13-14,23H,1-3,5-6,9H2,(H,20,24)(H,21,25)/t10-,13-,14-/m0/s1. The average Bonchev–Trinajstić information content (AvgIpc) is 2.83. The summed E-state index contributed by atoms with van der Waals surface area (Å²) in [6.07, 6.45) is 3.29. The molecule has 1 aliphatic carbocycles. The number of aliphatic hydroxyl groups excluding tert-OH is 1. The van der Waals surface area contributed by atoms with Gasteiger partial charge in [0.1, 0.15) is 0 Å². The quantitative estimate of drug-likeness (QED) is 0.681. The Hall–Kier alpha value is -2.19. The van der Waals surface area contributed by atoms with Crippen molar-refractivity contribution in [3.8, 4) is 0 Å². The van der Waals surface area contributed by atoms with Gasteiger partial charge in [-0.1, -0.05) is 11.6 Å². The number of nitrogens with one attached hydrogen (secondary N) is 2. The molecule has 26 heavy (non-hydrogen) atoms. The van der Waals surface area contributed by atoms with E-state index in [1.54, 1.807) is 0 Å². The number of amides is 3. The average molecular weight is 381 g/mol. The molecule has 0 unspecified atom stereocenters. The zero-order valence-corrected chi connectivity index (χ0v) is 14.9. The molecule has 3 N–H and O–H groups in total. The Bertz CT molecular complexity index is 714. The number of hydrogen-bond acceptors (Lipinski definition) is 5. The number of pyridine rings is 1. The van der Waals surface area contributed by atoms with Crippen molar-refractivity contribution in [2.45, 2.75) is 31.4 Å². The lowest BCUT2D eigenvalue weighted by Crippen LogP contribution is -2.41. The lowest BCUT2D eigenvalue weighted by molar-refractivity contribution is -0.138. The normalized spacial score (nSPS) is 26.2. The fourth-order valence-corrected chi connectivity index (χ4v) is 3.59. The Labute approximate surface area is 155 Å². The molecule has 1 saturated heterocycles. The molecule has 2 aliphatic rings. The second-order valence-corrected chi connectivity index (χ2v) is 7.11. The van der Waals surface area contributed by atoms with E-state index in [0.717, 1.165) is 0 Å². The number of carbonyl (C=O) groups excluding carboxylic acids is 3. The molecule has 3 atom stereocenters. The third kappa shape index (κ3) is 4.31. The molecule has 0 bridgehead atoms. The summed E-state index contributed by atoms with van der Waals surface area (Å²) in [5.41, 5.74) is 0.295.